The van der Waals surface area contributed by atoms with Crippen molar-refractivity contribution in [3.05, 3.63) is 30.3 Å². The molecule has 0 fully saturated rings. The van der Waals surface area contributed by atoms with Gasteiger partial charge in [-0.05, 0) is 0 Å². The van der Waals surface area contributed by atoms with Crippen LogP contribution in [0.5, 0.6) is 0 Å². The Morgan fingerprint density at radius 1 is 1.06 bits per heavy atom. The summed E-state index contributed by atoms with van der Waals surface area (Å²) in [6.07, 6.45) is 5.38. The molecule has 2 atom stereocenters. The average molecular weight is 299 g/mol. The van der Waals surface area contributed by atoms with Crippen LogP contribution >= 0.6 is 0 Å². The molecule has 17 heavy (non-hydrogen) atoms. The molecule has 0 aliphatic rings. The van der Waals surface area contributed by atoms with E-state index in [0.29, 0.717) is 21.1 Å². The number of ether oxygens (including phenoxy) is 1. The van der Waals surface area contributed by atoms with Crippen LogP contribution in [0.3, 0.4) is 0 Å². The van der Waals surface area contributed by atoms with Gasteiger partial charge in [-0.2, -0.15) is 0 Å². The van der Waals surface area contributed by atoms with E-state index in [2.05, 4.69) is 44.2 Å². The molecule has 0 bridgehead atoms. The van der Waals surface area contributed by atoms with Crippen molar-refractivity contribution in [1.29, 1.82) is 0 Å². The maximum absolute atomic E-state index is 5.69. The fourth-order valence-corrected chi connectivity index (χ4v) is 4.99. The Morgan fingerprint density at radius 3 is 2.24 bits per heavy atom. The minimum atomic E-state index is 0.445. The van der Waals surface area contributed by atoms with Crippen molar-refractivity contribution in [2.75, 3.05) is 7.11 Å². The first-order chi connectivity index (χ1) is 8.31. The van der Waals surface area contributed by atoms with Crippen LogP contribution in [0.1, 0.15) is 39.5 Å². The van der Waals surface area contributed by atoms with E-state index in [1.165, 1.54) is 30.1 Å². The molecule has 1 rings (SSSR count). The summed E-state index contributed by atoms with van der Waals surface area (Å²) in [6, 6.07) is 10.9. The van der Waals surface area contributed by atoms with Gasteiger partial charge in [0, 0.05) is 0 Å². The topological polar surface area (TPSA) is 9.23 Å². The third kappa shape index (κ3) is 5.25. The van der Waals surface area contributed by atoms with Gasteiger partial charge in [-0.1, -0.05) is 0 Å². The van der Waals surface area contributed by atoms with E-state index in [-0.39, 0.29) is 0 Å². The maximum atomic E-state index is 5.69. The van der Waals surface area contributed by atoms with E-state index in [1.807, 2.05) is 7.11 Å². The Bertz CT molecular complexity index is 286. The molecule has 1 aromatic carbocycles. The molecular weight excluding hydrogens is 275 g/mol. The third-order valence-corrected chi connectivity index (χ3v) is 5.80. The molecule has 1 aromatic rings. The number of methoxy groups -OCH3 is 1. The zero-order valence-electron chi connectivity index (χ0n) is 11.2. The fourth-order valence-electron chi connectivity index (χ4n) is 2.02. The number of benzene rings is 1. The van der Waals surface area contributed by atoms with Crippen LogP contribution in [0.25, 0.3) is 0 Å². The molecule has 0 N–H and O–H groups in total. The molecule has 0 radical (unpaired) electrons. The summed E-state index contributed by atoms with van der Waals surface area (Å²) in [5.74, 6) is 0. The molecule has 0 aromatic heterocycles. The fraction of sp³-hybridized carbons (Fsp3) is 0.600. The van der Waals surface area contributed by atoms with E-state index in [9.17, 15) is 0 Å². The van der Waals surface area contributed by atoms with Crippen LogP contribution in [0.15, 0.2) is 30.3 Å². The van der Waals surface area contributed by atoms with E-state index >= 15 is 0 Å². The van der Waals surface area contributed by atoms with Crippen molar-refractivity contribution < 1.29 is 4.74 Å². The molecule has 0 aliphatic carbocycles. The van der Waals surface area contributed by atoms with Crippen molar-refractivity contribution in [3.63, 3.8) is 0 Å². The van der Waals surface area contributed by atoms with Crippen LogP contribution in [-0.2, 0) is 4.74 Å². The van der Waals surface area contributed by atoms with E-state index < -0.39 is 0 Å². The first-order valence-electron chi connectivity index (χ1n) is 6.56. The van der Waals surface area contributed by atoms with Crippen molar-refractivity contribution in [3.8, 4) is 0 Å². The first kappa shape index (κ1) is 14.8. The second kappa shape index (κ2) is 8.74. The zero-order chi connectivity index (χ0) is 12.5. The van der Waals surface area contributed by atoms with Gasteiger partial charge in [-0.25, -0.2) is 0 Å². The van der Waals surface area contributed by atoms with Crippen LogP contribution in [0, 0.1) is 0 Å². The number of hydrogen-bond acceptors (Lipinski definition) is 1. The van der Waals surface area contributed by atoms with Gasteiger partial charge in [0.25, 0.3) is 0 Å². The SMILES string of the molecule is CCC[C@H](OC)[C@@H](CCC)[Se]c1ccccc1. The van der Waals surface area contributed by atoms with Crippen molar-refractivity contribution in [2.24, 2.45) is 0 Å². The van der Waals surface area contributed by atoms with Crippen molar-refractivity contribution in [2.45, 2.75) is 50.5 Å². The second-order valence-corrected chi connectivity index (χ2v) is 7.07. The Hall–Kier alpha value is -0.301. The summed E-state index contributed by atoms with van der Waals surface area (Å²) >= 11 is 0.535. The summed E-state index contributed by atoms with van der Waals surface area (Å²) in [4.78, 5) is 0.722. The van der Waals surface area contributed by atoms with E-state index in [4.69, 9.17) is 4.74 Å². The van der Waals surface area contributed by atoms with Gasteiger partial charge in [0.15, 0.2) is 0 Å². The minimum absolute atomic E-state index is 0.445. The van der Waals surface area contributed by atoms with Crippen LogP contribution in [0.2, 0.25) is 4.82 Å². The third-order valence-electron chi connectivity index (χ3n) is 2.89. The summed E-state index contributed by atoms with van der Waals surface area (Å²) in [5.41, 5.74) is 0. The van der Waals surface area contributed by atoms with Crippen molar-refractivity contribution >= 4 is 19.4 Å². The monoisotopic (exact) mass is 300 g/mol. The number of hydrogen-bond donors (Lipinski definition) is 0. The molecule has 0 aliphatic heterocycles. The molecule has 0 saturated heterocycles. The molecule has 0 spiro atoms. The molecular formula is C15H24OSe. The van der Waals surface area contributed by atoms with Crippen LogP contribution in [0.4, 0.5) is 0 Å². The Morgan fingerprint density at radius 2 is 1.71 bits per heavy atom. The van der Waals surface area contributed by atoms with Gasteiger partial charge in [0.05, 0.1) is 0 Å². The Kier molecular flexibility index (Phi) is 7.59. The van der Waals surface area contributed by atoms with E-state index in [1.54, 1.807) is 0 Å². The standard InChI is InChI=1S/C15H24OSe/c1-4-9-14(16-3)15(10-5-2)17-13-11-7-6-8-12-13/h6-8,11-12,14-15H,4-5,9-10H2,1-3H3/t14-,15+/m0/s1. The summed E-state index contributed by atoms with van der Waals surface area (Å²) < 4.78 is 7.19. The predicted molar refractivity (Wildman–Crippen MR) is 76.2 cm³/mol. The Balaban J connectivity index is 2.64. The van der Waals surface area contributed by atoms with Gasteiger partial charge in [0.1, 0.15) is 0 Å². The van der Waals surface area contributed by atoms with Gasteiger partial charge in [-0.15, -0.1) is 0 Å². The molecule has 0 saturated carbocycles. The van der Waals surface area contributed by atoms with Crippen LogP contribution in [-0.4, -0.2) is 28.2 Å². The van der Waals surface area contributed by atoms with Gasteiger partial charge in [-0.3, -0.25) is 0 Å². The molecule has 96 valence electrons. The summed E-state index contributed by atoms with van der Waals surface area (Å²) in [5, 5.41) is 0. The zero-order valence-corrected chi connectivity index (χ0v) is 12.9. The van der Waals surface area contributed by atoms with Gasteiger partial charge >= 0.3 is 112 Å². The Labute approximate surface area is 112 Å². The van der Waals surface area contributed by atoms with Crippen molar-refractivity contribution in [1.82, 2.24) is 0 Å². The van der Waals surface area contributed by atoms with Gasteiger partial charge < -0.3 is 0 Å². The predicted octanol–water partition coefficient (Wildman–Crippen LogP) is 3.42. The second-order valence-electron chi connectivity index (χ2n) is 4.32. The molecule has 0 heterocycles. The average Bonchev–Trinajstić information content (AvgIpc) is 2.37. The van der Waals surface area contributed by atoms with E-state index in [0.717, 1.165) is 4.82 Å². The normalized spacial score (nSPS) is 14.5. The molecule has 0 unspecified atom stereocenters. The molecule has 0 amide bonds. The number of rotatable bonds is 8. The quantitative estimate of drug-likeness (QED) is 0.668. The van der Waals surface area contributed by atoms with Crippen LogP contribution < -0.4 is 4.46 Å². The molecule has 1 nitrogen and oxygen atoms in total. The van der Waals surface area contributed by atoms with Gasteiger partial charge in [0.2, 0.25) is 0 Å². The first-order valence-corrected chi connectivity index (χ1v) is 8.40. The summed E-state index contributed by atoms with van der Waals surface area (Å²) in [6.45, 7) is 4.51. The summed E-state index contributed by atoms with van der Waals surface area (Å²) in [7, 11) is 1.87. The molecule has 2 heteroatoms.